The lowest BCUT2D eigenvalue weighted by molar-refractivity contribution is -0.585. The van der Waals surface area contributed by atoms with Crippen LogP contribution in [0.4, 0.5) is 0 Å². The number of rotatable bonds is 6. The van der Waals surface area contributed by atoms with Crippen LogP contribution >= 0.6 is 22.7 Å². The Morgan fingerprint density at radius 3 is 1.79 bits per heavy atom. The molecular formula is C10H8IN6S2+. The van der Waals surface area contributed by atoms with Gasteiger partial charge in [-0.1, -0.05) is 32.9 Å². The largest absolute Gasteiger partial charge is 0.381 e. The average Bonchev–Trinajstić information content (AvgIpc) is 3.04. The van der Waals surface area contributed by atoms with E-state index in [-0.39, 0.29) is 21.2 Å². The second-order valence-electron chi connectivity index (χ2n) is 3.28. The predicted octanol–water partition coefficient (Wildman–Crippen LogP) is 1.56. The van der Waals surface area contributed by atoms with Crippen molar-refractivity contribution in [2.24, 2.45) is 10.2 Å². The molecule has 0 aliphatic heterocycles. The van der Waals surface area contributed by atoms with Crippen LogP contribution in [-0.4, -0.2) is 0 Å². The number of hydrogen-bond acceptors (Lipinski definition) is 4. The molecule has 0 spiro atoms. The molecule has 0 aliphatic carbocycles. The summed E-state index contributed by atoms with van der Waals surface area (Å²) in [6.07, 6.45) is 0. The van der Waals surface area contributed by atoms with E-state index in [1.54, 1.807) is 22.7 Å². The minimum Gasteiger partial charge on any atom is -0.0926 e. The van der Waals surface area contributed by atoms with Gasteiger partial charge in [-0.05, 0) is 23.2 Å². The van der Waals surface area contributed by atoms with Crippen molar-refractivity contribution in [3.63, 3.8) is 0 Å². The van der Waals surface area contributed by atoms with E-state index in [9.17, 15) is 0 Å². The Morgan fingerprint density at radius 1 is 0.895 bits per heavy atom. The van der Waals surface area contributed by atoms with Crippen molar-refractivity contribution >= 4 is 22.7 Å². The Labute approximate surface area is 127 Å². The third-order valence-electron chi connectivity index (χ3n) is 2.02. The maximum absolute atomic E-state index is 8.28. The smallest absolute Gasteiger partial charge is 0.0926 e. The molecule has 0 saturated heterocycles. The number of halogens is 1. The fraction of sp³-hybridized carbons (Fsp3) is 0.200. The van der Waals surface area contributed by atoms with Crippen LogP contribution in [0, 0.1) is 5.77 Å². The maximum Gasteiger partial charge on any atom is 0.381 e. The van der Waals surface area contributed by atoms with Gasteiger partial charge in [-0.25, -0.2) is 0 Å². The molecule has 0 fully saturated rings. The molecule has 0 aliphatic rings. The standard InChI is InChI=1S/C10H8IN6S2/c12-16-14-5-7-1-3-9(18-7)11-10-4-2-8(19-10)6-15-17-13/h1-4H,5-6H2/q+1. The van der Waals surface area contributed by atoms with Gasteiger partial charge < -0.3 is 0 Å². The van der Waals surface area contributed by atoms with Gasteiger partial charge in [-0.2, -0.15) is 0 Å². The third kappa shape index (κ3) is 4.41. The van der Waals surface area contributed by atoms with Gasteiger partial charge in [0.05, 0.1) is 13.1 Å². The fourth-order valence-corrected chi connectivity index (χ4v) is 7.68. The Bertz CT molecular complexity index is 594. The molecule has 6 nitrogen and oxygen atoms in total. The predicted molar refractivity (Wildman–Crippen MR) is 71.7 cm³/mol. The average molecular weight is 403 g/mol. The van der Waals surface area contributed by atoms with Gasteiger partial charge in [0.2, 0.25) is 5.77 Å². The molecule has 0 N–H and O–H groups in total. The normalized spacial score (nSPS) is 9.68. The van der Waals surface area contributed by atoms with Gasteiger partial charge in [0.25, 0.3) is 0 Å². The van der Waals surface area contributed by atoms with E-state index in [1.165, 1.54) is 5.77 Å². The van der Waals surface area contributed by atoms with E-state index in [0.717, 1.165) is 9.75 Å². The van der Waals surface area contributed by atoms with Crippen molar-refractivity contribution in [1.29, 1.82) is 0 Å². The SMILES string of the molecule is [N-]=[N+]=NCc1ccc([I+]c2ccc(CN=[N+]=[N-])s2)s1. The van der Waals surface area contributed by atoms with E-state index in [2.05, 4.69) is 32.2 Å². The lowest BCUT2D eigenvalue weighted by Crippen LogP contribution is -3.61. The summed E-state index contributed by atoms with van der Waals surface area (Å²) in [6, 6.07) is 8.24. The Morgan fingerprint density at radius 2 is 1.37 bits per heavy atom. The maximum atomic E-state index is 8.28. The van der Waals surface area contributed by atoms with Crippen LogP contribution in [0.25, 0.3) is 20.9 Å². The lowest BCUT2D eigenvalue weighted by atomic mass is 10.5. The van der Waals surface area contributed by atoms with Gasteiger partial charge in [-0.3, -0.25) is 0 Å². The van der Waals surface area contributed by atoms with Crippen molar-refractivity contribution in [2.75, 3.05) is 0 Å². The molecule has 0 radical (unpaired) electrons. The second kappa shape index (κ2) is 7.37. The van der Waals surface area contributed by atoms with E-state index in [4.69, 9.17) is 11.1 Å². The van der Waals surface area contributed by atoms with Crippen LogP contribution in [0.5, 0.6) is 0 Å². The summed E-state index contributed by atoms with van der Waals surface area (Å²) in [5, 5.41) is 7.12. The van der Waals surface area contributed by atoms with Crippen molar-refractivity contribution in [1.82, 2.24) is 0 Å². The zero-order valence-electron chi connectivity index (χ0n) is 9.60. The zero-order valence-corrected chi connectivity index (χ0v) is 13.4. The van der Waals surface area contributed by atoms with Crippen molar-refractivity contribution < 1.29 is 21.2 Å². The molecular weight excluding hydrogens is 395 g/mol. The van der Waals surface area contributed by atoms with Crippen molar-refractivity contribution in [3.8, 4) is 0 Å². The number of nitrogens with zero attached hydrogens (tertiary/aromatic N) is 6. The molecule has 2 heterocycles. The summed E-state index contributed by atoms with van der Waals surface area (Å²) in [6.45, 7) is 0.856. The van der Waals surface area contributed by atoms with E-state index >= 15 is 0 Å². The van der Waals surface area contributed by atoms with Crippen LogP contribution in [0.15, 0.2) is 34.5 Å². The fourth-order valence-electron chi connectivity index (χ4n) is 1.27. The quantitative estimate of drug-likeness (QED) is 0.303. The van der Waals surface area contributed by atoms with Crippen LogP contribution in [-0.2, 0) is 13.1 Å². The van der Waals surface area contributed by atoms with Crippen molar-refractivity contribution in [2.45, 2.75) is 13.1 Å². The number of hydrogen-bond donors (Lipinski definition) is 0. The molecule has 19 heavy (non-hydrogen) atoms. The van der Waals surface area contributed by atoms with Crippen LogP contribution in [0.3, 0.4) is 0 Å². The summed E-state index contributed by atoms with van der Waals surface area (Å²) >= 11 is 3.21. The first-order valence-corrected chi connectivity index (χ1v) is 8.95. The van der Waals surface area contributed by atoms with E-state index in [0.29, 0.717) is 13.1 Å². The lowest BCUT2D eigenvalue weighted by Gasteiger charge is -1.81. The van der Waals surface area contributed by atoms with Crippen molar-refractivity contribution in [3.05, 3.63) is 60.7 Å². The summed E-state index contributed by atoms with van der Waals surface area (Å²) in [4.78, 5) is 7.71. The zero-order chi connectivity index (χ0) is 13.5. The molecule has 2 aromatic rings. The first-order chi connectivity index (χ1) is 9.31. The number of thiophene rings is 2. The second-order valence-corrected chi connectivity index (χ2v) is 9.95. The van der Waals surface area contributed by atoms with Gasteiger partial charge >= 0.3 is 21.2 Å². The highest BCUT2D eigenvalue weighted by molar-refractivity contribution is 7.10. The monoisotopic (exact) mass is 403 g/mol. The van der Waals surface area contributed by atoms with Crippen LogP contribution < -0.4 is 21.2 Å². The highest BCUT2D eigenvalue weighted by atomic mass is 127. The molecule has 0 bridgehead atoms. The third-order valence-corrected chi connectivity index (χ3v) is 7.88. The Kier molecular flexibility index (Phi) is 5.49. The highest BCUT2D eigenvalue weighted by Crippen LogP contribution is 2.12. The summed E-state index contributed by atoms with van der Waals surface area (Å²) in [5.74, 6) is 0. The highest BCUT2D eigenvalue weighted by Gasteiger charge is 2.20. The molecule has 96 valence electrons. The van der Waals surface area contributed by atoms with Crippen LogP contribution in [0.2, 0.25) is 0 Å². The molecule has 0 atom stereocenters. The first kappa shape index (κ1) is 14.2. The summed E-state index contributed by atoms with van der Waals surface area (Å²) in [7, 11) is 0. The number of azide groups is 2. The van der Waals surface area contributed by atoms with E-state index in [1.807, 2.05) is 12.1 Å². The molecule has 0 aromatic carbocycles. The Balaban J connectivity index is 2.00. The molecule has 9 heteroatoms. The summed E-state index contributed by atoms with van der Waals surface area (Å²) < 4.78 is 2.69. The molecule has 2 aromatic heterocycles. The van der Waals surface area contributed by atoms with Gasteiger partial charge in [0.15, 0.2) is 0 Å². The van der Waals surface area contributed by atoms with Gasteiger partial charge in [0.1, 0.15) is 0 Å². The molecule has 2 rings (SSSR count). The summed E-state index contributed by atoms with van der Waals surface area (Å²) in [5.41, 5.74) is 16.6. The van der Waals surface area contributed by atoms with Gasteiger partial charge in [0, 0.05) is 31.7 Å². The Hall–Kier alpha value is -1.25. The molecule has 0 saturated carbocycles. The first-order valence-electron chi connectivity index (χ1n) is 5.16. The molecule has 0 unspecified atom stereocenters. The topological polar surface area (TPSA) is 97.5 Å². The van der Waals surface area contributed by atoms with Gasteiger partial charge in [-0.15, -0.1) is 0 Å². The van der Waals surface area contributed by atoms with E-state index < -0.39 is 0 Å². The minimum absolute atomic E-state index is 0.194. The van der Waals surface area contributed by atoms with Crippen LogP contribution in [0.1, 0.15) is 9.75 Å². The molecule has 0 amide bonds. The minimum atomic E-state index is -0.194.